The zero-order valence-corrected chi connectivity index (χ0v) is 12.8. The van der Waals surface area contributed by atoms with Crippen LogP contribution in [0.2, 0.25) is 0 Å². The van der Waals surface area contributed by atoms with Crippen molar-refractivity contribution < 1.29 is 9.53 Å². The lowest BCUT2D eigenvalue weighted by atomic mass is 10.1. The first-order valence-electron chi connectivity index (χ1n) is 7.37. The van der Waals surface area contributed by atoms with Gasteiger partial charge in [0.25, 0.3) is 5.56 Å². The van der Waals surface area contributed by atoms with E-state index in [0.717, 1.165) is 5.56 Å². The van der Waals surface area contributed by atoms with Gasteiger partial charge < -0.3 is 14.7 Å². The van der Waals surface area contributed by atoms with E-state index >= 15 is 0 Å². The SMILES string of the molecule is COC(=O)c1ccc2c(c1)[nH]c1nc(-c3ccccc3)[nH]c(=O)c12. The van der Waals surface area contributed by atoms with E-state index in [1.807, 2.05) is 30.3 Å². The van der Waals surface area contributed by atoms with Gasteiger partial charge in [0.1, 0.15) is 11.5 Å². The molecular formula is C18H13N3O3. The second-order valence-electron chi connectivity index (χ2n) is 5.38. The third kappa shape index (κ3) is 2.16. The Morgan fingerprint density at radius 1 is 1.08 bits per heavy atom. The summed E-state index contributed by atoms with van der Waals surface area (Å²) in [6, 6.07) is 14.4. The van der Waals surface area contributed by atoms with Crippen molar-refractivity contribution in [3.63, 3.8) is 0 Å². The van der Waals surface area contributed by atoms with Crippen molar-refractivity contribution in [1.29, 1.82) is 0 Å². The zero-order chi connectivity index (χ0) is 16.7. The summed E-state index contributed by atoms with van der Waals surface area (Å²) in [5.74, 6) is 0.0650. The number of H-pyrrole nitrogens is 2. The van der Waals surface area contributed by atoms with Crippen molar-refractivity contribution in [3.05, 3.63) is 64.4 Å². The second kappa shape index (κ2) is 5.34. The van der Waals surface area contributed by atoms with Crippen molar-refractivity contribution in [3.8, 4) is 11.4 Å². The summed E-state index contributed by atoms with van der Waals surface area (Å²) in [6.45, 7) is 0. The van der Waals surface area contributed by atoms with Crippen LogP contribution < -0.4 is 5.56 Å². The highest BCUT2D eigenvalue weighted by Gasteiger charge is 2.14. The Morgan fingerprint density at radius 2 is 1.88 bits per heavy atom. The first-order chi connectivity index (χ1) is 11.7. The largest absolute Gasteiger partial charge is 0.465 e. The molecule has 2 aromatic heterocycles. The van der Waals surface area contributed by atoms with Crippen molar-refractivity contribution in [2.45, 2.75) is 0 Å². The highest BCUT2D eigenvalue weighted by atomic mass is 16.5. The lowest BCUT2D eigenvalue weighted by Gasteiger charge is -2.00. The van der Waals surface area contributed by atoms with E-state index in [1.165, 1.54) is 7.11 Å². The second-order valence-corrected chi connectivity index (χ2v) is 5.38. The minimum absolute atomic E-state index is 0.226. The normalized spacial score (nSPS) is 11.0. The number of fused-ring (bicyclic) bond motifs is 3. The van der Waals surface area contributed by atoms with Crippen LogP contribution in [0.5, 0.6) is 0 Å². The fourth-order valence-electron chi connectivity index (χ4n) is 2.78. The number of carbonyl (C=O) groups is 1. The predicted octanol–water partition coefficient (Wildman–Crippen LogP) is 2.86. The number of nitrogens with zero attached hydrogens (tertiary/aromatic N) is 1. The molecule has 6 heteroatoms. The van der Waals surface area contributed by atoms with Crippen molar-refractivity contribution in [1.82, 2.24) is 15.0 Å². The minimum Gasteiger partial charge on any atom is -0.465 e. The summed E-state index contributed by atoms with van der Waals surface area (Å²) in [4.78, 5) is 34.6. The molecule has 0 atom stereocenters. The van der Waals surface area contributed by atoms with Gasteiger partial charge in [-0.05, 0) is 12.1 Å². The molecule has 118 valence electrons. The van der Waals surface area contributed by atoms with Crippen molar-refractivity contribution >= 4 is 27.9 Å². The van der Waals surface area contributed by atoms with Gasteiger partial charge in [-0.15, -0.1) is 0 Å². The number of hydrogen-bond donors (Lipinski definition) is 2. The van der Waals surface area contributed by atoms with Crippen LogP contribution in [0.15, 0.2) is 53.3 Å². The molecule has 4 aromatic rings. The number of carbonyl (C=O) groups excluding carboxylic acids is 1. The highest BCUT2D eigenvalue weighted by molar-refractivity contribution is 6.07. The molecule has 6 nitrogen and oxygen atoms in total. The van der Waals surface area contributed by atoms with Gasteiger partial charge in [0.2, 0.25) is 0 Å². The van der Waals surface area contributed by atoms with E-state index < -0.39 is 5.97 Å². The van der Waals surface area contributed by atoms with E-state index in [0.29, 0.717) is 33.3 Å². The van der Waals surface area contributed by atoms with Crippen molar-refractivity contribution in [2.24, 2.45) is 0 Å². The Labute approximate surface area is 136 Å². The van der Waals surface area contributed by atoms with Gasteiger partial charge >= 0.3 is 5.97 Å². The number of hydrogen-bond acceptors (Lipinski definition) is 4. The fraction of sp³-hybridized carbons (Fsp3) is 0.0556. The number of aromatic nitrogens is 3. The third-order valence-electron chi connectivity index (χ3n) is 3.93. The van der Waals surface area contributed by atoms with E-state index in [4.69, 9.17) is 4.74 Å². The molecule has 0 spiro atoms. The van der Waals surface area contributed by atoms with Crippen LogP contribution in [0, 0.1) is 0 Å². The van der Waals surface area contributed by atoms with E-state index in [9.17, 15) is 9.59 Å². The van der Waals surface area contributed by atoms with Gasteiger partial charge in [0, 0.05) is 16.5 Å². The number of rotatable bonds is 2. The summed E-state index contributed by atoms with van der Waals surface area (Å²) >= 11 is 0. The van der Waals surface area contributed by atoms with Crippen LogP contribution in [0.25, 0.3) is 33.3 Å². The van der Waals surface area contributed by atoms with Gasteiger partial charge in [-0.25, -0.2) is 9.78 Å². The van der Waals surface area contributed by atoms with Crippen LogP contribution in [0.4, 0.5) is 0 Å². The van der Waals surface area contributed by atoms with Crippen LogP contribution in [0.3, 0.4) is 0 Å². The van der Waals surface area contributed by atoms with Gasteiger partial charge in [0.05, 0.1) is 18.1 Å². The predicted molar refractivity (Wildman–Crippen MR) is 91.0 cm³/mol. The summed E-state index contributed by atoms with van der Waals surface area (Å²) in [6.07, 6.45) is 0. The highest BCUT2D eigenvalue weighted by Crippen LogP contribution is 2.24. The maximum absolute atomic E-state index is 12.5. The van der Waals surface area contributed by atoms with Crippen LogP contribution in [-0.2, 0) is 4.74 Å². The Hall–Kier alpha value is -3.41. The summed E-state index contributed by atoms with van der Waals surface area (Å²) in [7, 11) is 1.33. The topological polar surface area (TPSA) is 87.8 Å². The summed E-state index contributed by atoms with van der Waals surface area (Å²) in [5.41, 5.74) is 2.16. The molecule has 0 unspecified atom stereocenters. The molecule has 0 aliphatic carbocycles. The number of methoxy groups -OCH3 is 1. The maximum Gasteiger partial charge on any atom is 0.337 e. The average Bonchev–Trinajstić information content (AvgIpc) is 2.99. The van der Waals surface area contributed by atoms with E-state index in [1.54, 1.807) is 18.2 Å². The molecule has 0 aliphatic rings. The Morgan fingerprint density at radius 3 is 2.62 bits per heavy atom. The molecule has 0 aliphatic heterocycles. The number of nitrogens with one attached hydrogen (secondary N) is 2. The molecule has 4 rings (SSSR count). The van der Waals surface area contributed by atoms with Crippen LogP contribution in [0.1, 0.15) is 10.4 Å². The standard InChI is InChI=1S/C18H13N3O3/c1-24-18(23)11-7-8-12-13(9-11)19-16-14(12)17(22)21-15(20-16)10-5-3-2-4-6-10/h2-9H,1H3,(H2,19,20,21,22). The number of benzene rings is 2. The minimum atomic E-state index is -0.428. The quantitative estimate of drug-likeness (QED) is 0.556. The zero-order valence-electron chi connectivity index (χ0n) is 12.8. The molecule has 0 saturated heterocycles. The molecule has 2 aromatic carbocycles. The molecule has 24 heavy (non-hydrogen) atoms. The van der Waals surface area contributed by atoms with Gasteiger partial charge in [-0.1, -0.05) is 36.4 Å². The molecule has 0 bridgehead atoms. The van der Waals surface area contributed by atoms with Crippen LogP contribution in [-0.4, -0.2) is 28.0 Å². The molecule has 2 N–H and O–H groups in total. The summed E-state index contributed by atoms with van der Waals surface area (Å²) < 4.78 is 4.72. The van der Waals surface area contributed by atoms with E-state index in [2.05, 4.69) is 15.0 Å². The van der Waals surface area contributed by atoms with Gasteiger partial charge in [-0.2, -0.15) is 0 Å². The Balaban J connectivity index is 1.97. The van der Waals surface area contributed by atoms with E-state index in [-0.39, 0.29) is 5.56 Å². The Kier molecular flexibility index (Phi) is 3.16. The number of aromatic amines is 2. The molecule has 0 saturated carbocycles. The first kappa shape index (κ1) is 14.2. The fourth-order valence-corrected chi connectivity index (χ4v) is 2.78. The Bertz CT molecular complexity index is 1130. The number of ether oxygens (including phenoxy) is 1. The molecule has 0 radical (unpaired) electrons. The smallest absolute Gasteiger partial charge is 0.337 e. The maximum atomic E-state index is 12.5. The van der Waals surface area contributed by atoms with Crippen molar-refractivity contribution in [2.75, 3.05) is 7.11 Å². The molecule has 0 fully saturated rings. The molecule has 0 amide bonds. The lowest BCUT2D eigenvalue weighted by molar-refractivity contribution is 0.0601. The summed E-state index contributed by atoms with van der Waals surface area (Å²) in [5, 5.41) is 1.19. The average molecular weight is 319 g/mol. The van der Waals surface area contributed by atoms with Gasteiger partial charge in [-0.3, -0.25) is 4.79 Å². The third-order valence-corrected chi connectivity index (χ3v) is 3.93. The molecule has 2 heterocycles. The van der Waals surface area contributed by atoms with Crippen LogP contribution >= 0.6 is 0 Å². The first-order valence-corrected chi connectivity index (χ1v) is 7.37. The monoisotopic (exact) mass is 319 g/mol. The lowest BCUT2D eigenvalue weighted by Crippen LogP contribution is -2.08. The van der Waals surface area contributed by atoms with Gasteiger partial charge in [0.15, 0.2) is 0 Å². The number of esters is 1. The molecular weight excluding hydrogens is 306 g/mol.